The first kappa shape index (κ1) is 23.4. The van der Waals surface area contributed by atoms with E-state index in [4.69, 9.17) is 11.7 Å². The summed E-state index contributed by atoms with van der Waals surface area (Å²) in [5.74, 6) is 10.3. The molecular weight excluding hydrogens is 498 g/mol. The van der Waals surface area contributed by atoms with E-state index in [1.165, 1.54) is 0 Å². The molecule has 3 amide bonds. The molecule has 0 saturated carbocycles. The lowest BCUT2D eigenvalue weighted by molar-refractivity contribution is -0.123. The van der Waals surface area contributed by atoms with E-state index in [2.05, 4.69) is 36.8 Å². The molecule has 1 aromatic carbocycles. The highest BCUT2D eigenvalue weighted by atomic mass is 79.9. The molecule has 1 fully saturated rings. The molecule has 1 aliphatic rings. The summed E-state index contributed by atoms with van der Waals surface area (Å²) in [5, 5.41) is 5.92. The molecule has 2 aromatic rings. The van der Waals surface area contributed by atoms with Crippen LogP contribution in [0.3, 0.4) is 0 Å². The summed E-state index contributed by atoms with van der Waals surface area (Å²) >= 11 is 4.12. The topological polar surface area (TPSA) is 156 Å². The predicted molar refractivity (Wildman–Crippen MR) is 127 cm³/mol. The Hall–Kier alpha value is -3.22. The lowest BCUT2D eigenvalue weighted by Gasteiger charge is -2.12. The third kappa shape index (κ3) is 5.93. The minimum absolute atomic E-state index is 0.152. The summed E-state index contributed by atoms with van der Waals surface area (Å²) in [5.41, 5.74) is 4.35. The Bertz CT molecular complexity index is 1070. The summed E-state index contributed by atoms with van der Waals surface area (Å²) < 4.78 is 0.679. The summed E-state index contributed by atoms with van der Waals surface area (Å²) in [6.07, 6.45) is 3.72. The van der Waals surface area contributed by atoms with Crippen LogP contribution >= 0.6 is 27.7 Å². The average Bonchev–Trinajstić information content (AvgIpc) is 3.04. The first-order chi connectivity index (χ1) is 15.4. The van der Waals surface area contributed by atoms with Crippen molar-refractivity contribution in [1.82, 2.24) is 15.3 Å². The van der Waals surface area contributed by atoms with Gasteiger partial charge in [-0.2, -0.15) is 5.10 Å². The number of rotatable bonds is 7. The van der Waals surface area contributed by atoms with Crippen molar-refractivity contribution in [2.75, 3.05) is 11.9 Å². The van der Waals surface area contributed by atoms with Crippen molar-refractivity contribution in [2.24, 2.45) is 16.8 Å². The largest absolute Gasteiger partial charge is 0.326 e. The monoisotopic (exact) mass is 517 g/mol. The lowest BCUT2D eigenvalue weighted by Crippen LogP contribution is -2.32. The summed E-state index contributed by atoms with van der Waals surface area (Å²) in [4.78, 5) is 42.5. The molecule has 10 nitrogen and oxygen atoms in total. The Morgan fingerprint density at radius 3 is 2.59 bits per heavy atom. The van der Waals surface area contributed by atoms with Crippen molar-refractivity contribution < 1.29 is 14.4 Å². The second-order valence-corrected chi connectivity index (χ2v) is 8.40. The number of nitrogens with two attached hydrogens (primary N) is 2. The summed E-state index contributed by atoms with van der Waals surface area (Å²) in [6, 6.07) is 10.3. The van der Waals surface area contributed by atoms with E-state index in [1.54, 1.807) is 48.7 Å². The smallest absolute Gasteiger partial charge is 0.293 e. The number of anilines is 1. The van der Waals surface area contributed by atoms with Gasteiger partial charge in [0.05, 0.1) is 4.91 Å². The number of hydrazone groups is 1. The molecule has 166 valence electrons. The van der Waals surface area contributed by atoms with Crippen LogP contribution in [0, 0.1) is 0 Å². The standard InChI is InChI=1S/C20H20BrN7O3S/c21-16-8-3-12(11-24-16)10-15-19(30)28(20(31)32-15)9-1-2-17(29)25-14-6-4-13(5-7-14)18(26-22)27-23/h3-8,10-11H,1-2,9,22-23H2,(H,25,29)(H,26,27)/b15-10-. The normalized spacial score (nSPS) is 15.4. The van der Waals surface area contributed by atoms with Crippen LogP contribution in [0.25, 0.3) is 6.08 Å². The number of nitrogens with one attached hydrogen (secondary N) is 2. The van der Waals surface area contributed by atoms with E-state index < -0.39 is 0 Å². The number of halogens is 1. The highest BCUT2D eigenvalue weighted by molar-refractivity contribution is 9.10. The third-order valence-electron chi connectivity index (χ3n) is 4.42. The number of amides is 3. The van der Waals surface area contributed by atoms with Crippen LogP contribution in [0.2, 0.25) is 0 Å². The number of hydrogen-bond donors (Lipinski definition) is 4. The van der Waals surface area contributed by atoms with Gasteiger partial charge in [0.25, 0.3) is 11.1 Å². The minimum Gasteiger partial charge on any atom is -0.326 e. The van der Waals surface area contributed by atoms with Crippen LogP contribution in [0.4, 0.5) is 10.5 Å². The van der Waals surface area contributed by atoms with E-state index in [0.717, 1.165) is 22.2 Å². The third-order valence-corrected chi connectivity index (χ3v) is 5.79. The van der Waals surface area contributed by atoms with Crippen LogP contribution in [0.1, 0.15) is 24.0 Å². The molecule has 1 saturated heterocycles. The number of carbonyl (C=O) groups excluding carboxylic acids is 3. The van der Waals surface area contributed by atoms with E-state index in [-0.39, 0.29) is 30.0 Å². The molecule has 2 heterocycles. The van der Waals surface area contributed by atoms with Gasteiger partial charge in [-0.3, -0.25) is 19.3 Å². The highest BCUT2D eigenvalue weighted by Crippen LogP contribution is 2.32. The van der Waals surface area contributed by atoms with Gasteiger partial charge in [-0.05, 0) is 76.1 Å². The Kier molecular flexibility index (Phi) is 7.98. The number of pyridine rings is 1. The second-order valence-electron chi connectivity index (χ2n) is 6.60. The molecule has 0 spiro atoms. The van der Waals surface area contributed by atoms with Crippen LogP contribution < -0.4 is 22.4 Å². The maximum atomic E-state index is 12.5. The quantitative estimate of drug-likeness (QED) is 0.109. The Labute approximate surface area is 196 Å². The van der Waals surface area contributed by atoms with Crippen molar-refractivity contribution in [3.05, 3.63) is 63.2 Å². The van der Waals surface area contributed by atoms with Gasteiger partial charge in [0.2, 0.25) is 5.91 Å². The minimum atomic E-state index is -0.371. The number of benzene rings is 1. The Balaban J connectivity index is 1.50. The molecule has 12 heteroatoms. The van der Waals surface area contributed by atoms with Gasteiger partial charge in [-0.25, -0.2) is 10.8 Å². The van der Waals surface area contributed by atoms with Crippen molar-refractivity contribution in [3.8, 4) is 0 Å². The number of hydrazine groups is 1. The molecular formula is C20H20BrN7O3S. The summed E-state index contributed by atoms with van der Waals surface area (Å²) in [7, 11) is 0. The molecule has 0 unspecified atom stereocenters. The number of nitrogens with zero attached hydrogens (tertiary/aromatic N) is 3. The van der Waals surface area contributed by atoms with Gasteiger partial charge in [0.15, 0.2) is 5.84 Å². The molecule has 0 bridgehead atoms. The SMILES string of the molecule is NN=C(NN)c1ccc(NC(=O)CCCN2C(=O)S/C(=C\c3ccc(Br)nc3)C2=O)cc1. The number of imide groups is 1. The molecule has 32 heavy (non-hydrogen) atoms. The number of aromatic nitrogens is 1. The zero-order valence-electron chi connectivity index (χ0n) is 16.7. The molecule has 1 aliphatic heterocycles. The van der Waals surface area contributed by atoms with Gasteiger partial charge in [0, 0.05) is 30.4 Å². The molecule has 1 aromatic heterocycles. The van der Waals surface area contributed by atoms with E-state index >= 15 is 0 Å². The number of amidine groups is 1. The maximum Gasteiger partial charge on any atom is 0.293 e. The summed E-state index contributed by atoms with van der Waals surface area (Å²) in [6.45, 7) is 0.158. The molecule has 6 N–H and O–H groups in total. The fraction of sp³-hybridized carbons (Fsp3) is 0.150. The second kappa shape index (κ2) is 10.9. The zero-order valence-corrected chi connectivity index (χ0v) is 19.1. The maximum absolute atomic E-state index is 12.5. The molecule has 0 radical (unpaired) electrons. The highest BCUT2D eigenvalue weighted by Gasteiger charge is 2.34. The fourth-order valence-corrected chi connectivity index (χ4v) is 3.94. The first-order valence-corrected chi connectivity index (χ1v) is 11.0. The number of carbonyl (C=O) groups is 3. The van der Waals surface area contributed by atoms with Crippen LogP contribution in [-0.2, 0) is 9.59 Å². The molecule has 3 rings (SSSR count). The van der Waals surface area contributed by atoms with Crippen molar-refractivity contribution in [1.29, 1.82) is 0 Å². The van der Waals surface area contributed by atoms with Crippen molar-refractivity contribution >= 4 is 62.3 Å². The van der Waals surface area contributed by atoms with Crippen molar-refractivity contribution in [3.63, 3.8) is 0 Å². The number of hydrogen-bond acceptors (Lipinski definition) is 8. The van der Waals surface area contributed by atoms with Crippen LogP contribution in [0.15, 0.2) is 57.2 Å². The zero-order chi connectivity index (χ0) is 23.1. The van der Waals surface area contributed by atoms with Crippen LogP contribution in [-0.4, -0.2) is 39.3 Å². The van der Waals surface area contributed by atoms with Gasteiger partial charge >= 0.3 is 0 Å². The Morgan fingerprint density at radius 1 is 1.22 bits per heavy atom. The van der Waals surface area contributed by atoms with Gasteiger partial charge in [-0.15, -0.1) is 0 Å². The van der Waals surface area contributed by atoms with Crippen molar-refractivity contribution in [2.45, 2.75) is 12.8 Å². The fourth-order valence-electron chi connectivity index (χ4n) is 2.84. The average molecular weight is 518 g/mol. The van der Waals surface area contributed by atoms with Gasteiger partial charge in [0.1, 0.15) is 4.60 Å². The van der Waals surface area contributed by atoms with Gasteiger partial charge in [-0.1, -0.05) is 6.07 Å². The van der Waals surface area contributed by atoms with E-state index in [9.17, 15) is 14.4 Å². The van der Waals surface area contributed by atoms with Gasteiger partial charge < -0.3 is 16.6 Å². The molecule has 0 aliphatic carbocycles. The molecule has 0 atom stereocenters. The lowest BCUT2D eigenvalue weighted by atomic mass is 10.2. The van der Waals surface area contributed by atoms with E-state index in [0.29, 0.717) is 33.0 Å². The predicted octanol–water partition coefficient (Wildman–Crippen LogP) is 2.38. The van der Waals surface area contributed by atoms with E-state index in [1.807, 2.05) is 0 Å². The number of thioether (sulfide) groups is 1. The van der Waals surface area contributed by atoms with Crippen LogP contribution in [0.5, 0.6) is 0 Å². The first-order valence-electron chi connectivity index (χ1n) is 9.43. The Morgan fingerprint density at radius 2 is 1.97 bits per heavy atom.